The van der Waals surface area contributed by atoms with Gasteiger partial charge in [0.2, 0.25) is 5.91 Å². The first-order valence-corrected chi connectivity index (χ1v) is 14.7. The summed E-state index contributed by atoms with van der Waals surface area (Å²) in [4.78, 5) is 20.8. The molecule has 8 nitrogen and oxygen atoms in total. The van der Waals surface area contributed by atoms with Crippen LogP contribution in [0, 0.1) is 0 Å². The number of aromatic nitrogens is 4. The van der Waals surface area contributed by atoms with E-state index in [9.17, 15) is 4.79 Å². The summed E-state index contributed by atoms with van der Waals surface area (Å²) in [5.41, 5.74) is 11.8. The van der Waals surface area contributed by atoms with Gasteiger partial charge in [-0.1, -0.05) is 60.1 Å². The number of amides is 1. The van der Waals surface area contributed by atoms with E-state index in [1.807, 2.05) is 65.6 Å². The van der Waals surface area contributed by atoms with Crippen LogP contribution in [0.5, 0.6) is 0 Å². The van der Waals surface area contributed by atoms with Crippen LogP contribution in [0.1, 0.15) is 15.9 Å². The van der Waals surface area contributed by atoms with Gasteiger partial charge in [-0.3, -0.25) is 14.5 Å². The summed E-state index contributed by atoms with van der Waals surface area (Å²) in [6, 6.07) is 29.7. The number of primary amides is 1. The molecule has 0 atom stereocenters. The maximum absolute atomic E-state index is 11.7. The van der Waals surface area contributed by atoms with Crippen molar-refractivity contribution in [2.24, 2.45) is 5.73 Å². The number of nitrogens with two attached hydrogens (primary N) is 1. The average Bonchev–Trinajstić information content (AvgIpc) is 3.46. The molecule has 0 unspecified atom stereocenters. The van der Waals surface area contributed by atoms with Crippen LogP contribution in [0.4, 0.5) is 11.5 Å². The predicted octanol–water partition coefficient (Wildman–Crippen LogP) is 7.28. The first-order valence-electron chi connectivity index (χ1n) is 14.3. The van der Waals surface area contributed by atoms with Crippen molar-refractivity contribution in [3.05, 3.63) is 126 Å². The number of carbonyl (C=O) groups is 1. The topological polar surface area (TPSA) is 111 Å². The van der Waals surface area contributed by atoms with Crippen LogP contribution in [-0.2, 0) is 13.1 Å². The van der Waals surface area contributed by atoms with Crippen LogP contribution in [0.15, 0.2) is 110 Å². The lowest BCUT2D eigenvalue weighted by molar-refractivity contribution is 0.100. The van der Waals surface area contributed by atoms with E-state index in [-0.39, 0.29) is 0 Å². The lowest BCUT2D eigenvalue weighted by atomic mass is 10.0. The molecular formula is C35H28ClN7O. The standard InChI is InChI=1S/C35H28ClN7O/c36-31-16-22(6-9-27(31)23-4-2-1-3-5-23)19-40-26-8-11-32-25(17-26)21-43(42-32)15-14-39-35-29-12-13-38-20-30(29)28-10-7-24(34(37)44)18-33(28)41-35/h1-13,16-18,20-21,40H,14-15,19H2,(H2,37,44)(H,39,41). The van der Waals surface area contributed by atoms with Gasteiger partial charge in [0.25, 0.3) is 0 Å². The fraction of sp³-hybridized carbons (Fsp3) is 0.0857. The van der Waals surface area contributed by atoms with E-state index in [0.29, 0.717) is 30.7 Å². The van der Waals surface area contributed by atoms with E-state index in [1.165, 1.54) is 0 Å². The molecule has 216 valence electrons. The summed E-state index contributed by atoms with van der Waals surface area (Å²) in [6.45, 7) is 1.89. The number of nitrogens with one attached hydrogen (secondary N) is 2. The van der Waals surface area contributed by atoms with Crippen LogP contribution >= 0.6 is 11.6 Å². The summed E-state index contributed by atoms with van der Waals surface area (Å²) in [7, 11) is 0. The highest BCUT2D eigenvalue weighted by Crippen LogP contribution is 2.30. The fourth-order valence-electron chi connectivity index (χ4n) is 5.45. The van der Waals surface area contributed by atoms with Crippen LogP contribution in [0.2, 0.25) is 5.02 Å². The number of carbonyl (C=O) groups excluding carboxylic acids is 1. The van der Waals surface area contributed by atoms with Gasteiger partial charge in [-0.25, -0.2) is 4.98 Å². The van der Waals surface area contributed by atoms with Gasteiger partial charge in [-0.15, -0.1) is 0 Å². The van der Waals surface area contributed by atoms with Crippen LogP contribution in [0.25, 0.3) is 43.7 Å². The molecule has 0 aliphatic carbocycles. The van der Waals surface area contributed by atoms with Gasteiger partial charge < -0.3 is 16.4 Å². The molecule has 3 aromatic heterocycles. The highest BCUT2D eigenvalue weighted by Gasteiger charge is 2.11. The molecule has 0 aliphatic heterocycles. The molecule has 0 radical (unpaired) electrons. The molecule has 44 heavy (non-hydrogen) atoms. The fourth-order valence-corrected chi connectivity index (χ4v) is 5.76. The van der Waals surface area contributed by atoms with Gasteiger partial charge >= 0.3 is 0 Å². The third-order valence-electron chi connectivity index (χ3n) is 7.68. The Balaban J connectivity index is 1.03. The lowest BCUT2D eigenvalue weighted by Crippen LogP contribution is -2.12. The number of hydrogen-bond acceptors (Lipinski definition) is 6. The van der Waals surface area contributed by atoms with Crippen molar-refractivity contribution in [1.29, 1.82) is 0 Å². The molecule has 0 fully saturated rings. The molecule has 7 rings (SSSR count). The molecule has 0 saturated carbocycles. The third kappa shape index (κ3) is 5.50. The molecule has 3 heterocycles. The number of pyridine rings is 2. The highest BCUT2D eigenvalue weighted by molar-refractivity contribution is 6.33. The molecule has 4 aromatic carbocycles. The largest absolute Gasteiger partial charge is 0.381 e. The second-order valence-corrected chi connectivity index (χ2v) is 11.0. The number of halogens is 1. The van der Waals surface area contributed by atoms with Crippen molar-refractivity contribution in [2.45, 2.75) is 13.1 Å². The molecule has 1 amide bonds. The molecule has 0 spiro atoms. The molecule has 0 bridgehead atoms. The number of anilines is 2. The Labute approximate surface area is 258 Å². The molecular weight excluding hydrogens is 570 g/mol. The van der Waals surface area contributed by atoms with E-state index in [4.69, 9.17) is 27.4 Å². The molecule has 7 aromatic rings. The minimum absolute atomic E-state index is 0.418. The van der Waals surface area contributed by atoms with E-state index in [0.717, 1.165) is 60.3 Å². The van der Waals surface area contributed by atoms with Gasteiger partial charge in [-0.2, -0.15) is 5.10 Å². The quantitative estimate of drug-likeness (QED) is 0.151. The molecule has 9 heteroatoms. The monoisotopic (exact) mass is 597 g/mol. The summed E-state index contributed by atoms with van der Waals surface area (Å²) in [5.74, 6) is 0.233. The van der Waals surface area contributed by atoms with Crippen molar-refractivity contribution >= 4 is 61.6 Å². The van der Waals surface area contributed by atoms with Gasteiger partial charge in [0, 0.05) is 75.1 Å². The number of hydrogen-bond donors (Lipinski definition) is 3. The second kappa shape index (κ2) is 11.7. The average molecular weight is 598 g/mol. The number of fused-ring (bicyclic) bond motifs is 4. The zero-order valence-corrected chi connectivity index (χ0v) is 24.4. The number of rotatable bonds is 9. The normalized spacial score (nSPS) is 11.3. The van der Waals surface area contributed by atoms with E-state index in [2.05, 4.69) is 45.9 Å². The number of benzene rings is 4. The molecule has 0 aliphatic rings. The lowest BCUT2D eigenvalue weighted by Gasteiger charge is -2.12. The smallest absolute Gasteiger partial charge is 0.248 e. The summed E-state index contributed by atoms with van der Waals surface area (Å²) < 4.78 is 1.93. The van der Waals surface area contributed by atoms with Crippen molar-refractivity contribution in [3.63, 3.8) is 0 Å². The van der Waals surface area contributed by atoms with Gasteiger partial charge in [0.15, 0.2) is 0 Å². The summed E-state index contributed by atoms with van der Waals surface area (Å²) in [6.07, 6.45) is 5.61. The summed E-state index contributed by atoms with van der Waals surface area (Å²) in [5, 5.41) is 16.3. The highest BCUT2D eigenvalue weighted by atomic mass is 35.5. The van der Waals surface area contributed by atoms with Crippen molar-refractivity contribution in [3.8, 4) is 11.1 Å². The Morgan fingerprint density at radius 1 is 0.864 bits per heavy atom. The number of nitrogens with zero attached hydrogens (tertiary/aromatic N) is 4. The Morgan fingerprint density at radius 2 is 1.75 bits per heavy atom. The minimum atomic E-state index is -0.486. The van der Waals surface area contributed by atoms with Gasteiger partial charge in [0.1, 0.15) is 5.82 Å². The van der Waals surface area contributed by atoms with Crippen LogP contribution in [0.3, 0.4) is 0 Å². The first kappa shape index (κ1) is 27.4. The maximum Gasteiger partial charge on any atom is 0.248 e. The van der Waals surface area contributed by atoms with Crippen molar-refractivity contribution < 1.29 is 4.79 Å². The van der Waals surface area contributed by atoms with Crippen molar-refractivity contribution in [2.75, 3.05) is 17.2 Å². The third-order valence-corrected chi connectivity index (χ3v) is 7.99. The predicted molar refractivity (Wildman–Crippen MR) is 178 cm³/mol. The molecule has 4 N–H and O–H groups in total. The second-order valence-electron chi connectivity index (χ2n) is 10.6. The van der Waals surface area contributed by atoms with Crippen LogP contribution in [-0.4, -0.2) is 32.2 Å². The Morgan fingerprint density at radius 3 is 2.59 bits per heavy atom. The van der Waals surface area contributed by atoms with E-state index < -0.39 is 5.91 Å². The Kier molecular flexibility index (Phi) is 7.25. The van der Waals surface area contributed by atoms with E-state index >= 15 is 0 Å². The Bertz CT molecular complexity index is 2160. The van der Waals surface area contributed by atoms with E-state index in [1.54, 1.807) is 18.3 Å². The SMILES string of the molecule is NC(=O)c1ccc2c(c1)nc(NCCn1cc3cc(NCc4ccc(-c5ccccc5)c(Cl)c4)ccc3n1)c1ccncc12. The zero-order chi connectivity index (χ0) is 30.0. The van der Waals surface area contributed by atoms with Crippen LogP contribution < -0.4 is 16.4 Å². The minimum Gasteiger partial charge on any atom is -0.381 e. The van der Waals surface area contributed by atoms with Crippen molar-refractivity contribution in [1.82, 2.24) is 19.7 Å². The summed E-state index contributed by atoms with van der Waals surface area (Å²) >= 11 is 6.61. The molecule has 0 saturated heterocycles. The Hall–Kier alpha value is -5.47. The maximum atomic E-state index is 11.7. The van der Waals surface area contributed by atoms with Gasteiger partial charge in [-0.05, 0) is 53.6 Å². The first-order chi connectivity index (χ1) is 21.5. The zero-order valence-electron chi connectivity index (χ0n) is 23.7. The van der Waals surface area contributed by atoms with Gasteiger partial charge in [0.05, 0.1) is 17.6 Å².